The predicted molar refractivity (Wildman–Crippen MR) is 108 cm³/mol. The molecule has 4 nitrogen and oxygen atoms in total. The molecule has 1 unspecified atom stereocenters. The van der Waals surface area contributed by atoms with Crippen molar-refractivity contribution in [3.8, 4) is 0 Å². The Balaban J connectivity index is 0.00000156. The zero-order valence-corrected chi connectivity index (χ0v) is 16.7. The molecule has 1 atom stereocenters. The van der Waals surface area contributed by atoms with E-state index in [2.05, 4.69) is 40.5 Å². The van der Waals surface area contributed by atoms with Crippen molar-refractivity contribution in [2.75, 3.05) is 39.8 Å². The van der Waals surface area contributed by atoms with E-state index in [1.54, 1.807) is 0 Å². The summed E-state index contributed by atoms with van der Waals surface area (Å²) in [6.45, 7) is 5.65. The molecular weight excluding hydrogens is 357 g/mol. The number of hydrogen-bond donors (Lipinski definition) is 1. The molecule has 6 heteroatoms. The molecule has 1 N–H and O–H groups in total. The van der Waals surface area contributed by atoms with Crippen LogP contribution in [0.15, 0.2) is 30.3 Å². The summed E-state index contributed by atoms with van der Waals surface area (Å²) in [4.78, 5) is 16.6. The van der Waals surface area contributed by atoms with Crippen LogP contribution in [0.1, 0.15) is 24.8 Å². The Morgan fingerprint density at radius 3 is 2.56 bits per heavy atom. The maximum Gasteiger partial charge on any atom is 0.236 e. The van der Waals surface area contributed by atoms with Gasteiger partial charge in [-0.1, -0.05) is 30.3 Å². The number of halogens is 2. The van der Waals surface area contributed by atoms with Crippen LogP contribution >= 0.6 is 24.8 Å². The second kappa shape index (κ2) is 11.0. The molecule has 0 radical (unpaired) electrons. The molecule has 0 aromatic heterocycles. The third-order valence-corrected chi connectivity index (χ3v) is 4.98. The van der Waals surface area contributed by atoms with Gasteiger partial charge in [0.15, 0.2) is 0 Å². The van der Waals surface area contributed by atoms with Crippen molar-refractivity contribution in [2.45, 2.75) is 25.8 Å². The van der Waals surface area contributed by atoms with E-state index in [1.165, 1.54) is 24.8 Å². The first-order chi connectivity index (χ1) is 11.2. The number of likely N-dealkylation sites (N-methyl/N-ethyl adjacent to an activating group) is 1. The van der Waals surface area contributed by atoms with Crippen LogP contribution in [0, 0.1) is 11.8 Å². The number of nitrogens with zero attached hydrogens (tertiary/aromatic N) is 2. The van der Waals surface area contributed by atoms with E-state index in [0.717, 1.165) is 38.6 Å². The van der Waals surface area contributed by atoms with E-state index in [9.17, 15) is 4.79 Å². The van der Waals surface area contributed by atoms with Gasteiger partial charge in [0.2, 0.25) is 5.91 Å². The van der Waals surface area contributed by atoms with E-state index in [1.807, 2.05) is 11.9 Å². The lowest BCUT2D eigenvalue weighted by atomic mass is 10.1. The third-order valence-electron chi connectivity index (χ3n) is 4.98. The first-order valence-corrected chi connectivity index (χ1v) is 8.91. The summed E-state index contributed by atoms with van der Waals surface area (Å²) < 4.78 is 0. The van der Waals surface area contributed by atoms with Crippen molar-refractivity contribution in [3.05, 3.63) is 35.9 Å². The molecule has 0 spiro atoms. The molecule has 0 bridgehead atoms. The van der Waals surface area contributed by atoms with Gasteiger partial charge in [0.05, 0.1) is 6.54 Å². The standard InChI is InChI=1S/C19H29N3O.2ClH/c1-21(19(23)12-20-11-16-7-8-16)13-18-9-10-22(15-18)14-17-5-3-2-4-6-17;;/h2-6,16,18,20H,7-15H2,1H3;2*1H. The zero-order chi connectivity index (χ0) is 16.1. The first-order valence-electron chi connectivity index (χ1n) is 8.91. The summed E-state index contributed by atoms with van der Waals surface area (Å²) in [5.74, 6) is 1.66. The Labute approximate surface area is 164 Å². The van der Waals surface area contributed by atoms with Crippen molar-refractivity contribution in [1.82, 2.24) is 15.1 Å². The highest BCUT2D eigenvalue weighted by Gasteiger charge is 2.25. The molecule has 142 valence electrons. The van der Waals surface area contributed by atoms with Crippen LogP contribution in [0.2, 0.25) is 0 Å². The van der Waals surface area contributed by atoms with Gasteiger partial charge in [0.25, 0.3) is 0 Å². The van der Waals surface area contributed by atoms with Crippen molar-refractivity contribution in [2.24, 2.45) is 11.8 Å². The molecular formula is C19H31Cl2N3O. The number of likely N-dealkylation sites (tertiary alicyclic amines) is 1. The summed E-state index contributed by atoms with van der Waals surface area (Å²) >= 11 is 0. The Morgan fingerprint density at radius 2 is 1.88 bits per heavy atom. The van der Waals surface area contributed by atoms with Gasteiger partial charge >= 0.3 is 0 Å². The van der Waals surface area contributed by atoms with Crippen LogP contribution in [-0.4, -0.2) is 55.5 Å². The van der Waals surface area contributed by atoms with Crippen LogP contribution in [0.4, 0.5) is 0 Å². The molecule has 25 heavy (non-hydrogen) atoms. The van der Waals surface area contributed by atoms with Crippen LogP contribution in [-0.2, 0) is 11.3 Å². The lowest BCUT2D eigenvalue weighted by Crippen LogP contribution is -2.39. The Morgan fingerprint density at radius 1 is 1.16 bits per heavy atom. The highest BCUT2D eigenvalue weighted by Crippen LogP contribution is 2.27. The molecule has 1 saturated carbocycles. The molecule has 1 saturated heterocycles. The van der Waals surface area contributed by atoms with E-state index < -0.39 is 0 Å². The van der Waals surface area contributed by atoms with E-state index in [0.29, 0.717) is 12.5 Å². The SMILES string of the molecule is CN(CC1CCN(Cc2ccccc2)C1)C(=O)CNCC1CC1.Cl.Cl. The summed E-state index contributed by atoms with van der Waals surface area (Å²) in [5.41, 5.74) is 1.38. The van der Waals surface area contributed by atoms with Crippen LogP contribution in [0.5, 0.6) is 0 Å². The second-order valence-electron chi connectivity index (χ2n) is 7.22. The fraction of sp³-hybridized carbons (Fsp3) is 0.632. The van der Waals surface area contributed by atoms with E-state index in [4.69, 9.17) is 0 Å². The van der Waals surface area contributed by atoms with Gasteiger partial charge in [-0.25, -0.2) is 0 Å². The molecule has 1 aliphatic heterocycles. The smallest absolute Gasteiger partial charge is 0.236 e. The minimum absolute atomic E-state index is 0. The number of benzene rings is 1. The van der Waals surface area contributed by atoms with Crippen molar-refractivity contribution >= 4 is 30.7 Å². The molecule has 1 amide bonds. The number of carbonyl (C=O) groups is 1. The maximum absolute atomic E-state index is 12.2. The fourth-order valence-electron chi connectivity index (χ4n) is 3.38. The summed E-state index contributed by atoms with van der Waals surface area (Å²) in [6.07, 6.45) is 3.85. The number of nitrogens with one attached hydrogen (secondary N) is 1. The fourth-order valence-corrected chi connectivity index (χ4v) is 3.38. The quantitative estimate of drug-likeness (QED) is 0.744. The zero-order valence-electron chi connectivity index (χ0n) is 15.0. The average molecular weight is 388 g/mol. The molecule has 1 aliphatic carbocycles. The van der Waals surface area contributed by atoms with Gasteiger partial charge in [-0.2, -0.15) is 0 Å². The first kappa shape index (κ1) is 22.2. The molecule has 1 aromatic rings. The molecule has 2 fully saturated rings. The van der Waals surface area contributed by atoms with E-state index >= 15 is 0 Å². The van der Waals surface area contributed by atoms with Gasteiger partial charge in [0, 0.05) is 26.7 Å². The monoisotopic (exact) mass is 387 g/mol. The summed E-state index contributed by atoms with van der Waals surface area (Å²) in [6, 6.07) is 10.6. The maximum atomic E-state index is 12.2. The van der Waals surface area contributed by atoms with Gasteiger partial charge in [0.1, 0.15) is 0 Å². The third kappa shape index (κ3) is 7.53. The lowest BCUT2D eigenvalue weighted by molar-refractivity contribution is -0.129. The van der Waals surface area contributed by atoms with Gasteiger partial charge in [-0.05, 0) is 49.8 Å². The predicted octanol–water partition coefficient (Wildman–Crippen LogP) is 2.81. The summed E-state index contributed by atoms with van der Waals surface area (Å²) in [5, 5.41) is 3.29. The topological polar surface area (TPSA) is 35.6 Å². The number of amides is 1. The Bertz CT molecular complexity index is 511. The molecule has 1 heterocycles. The number of rotatable bonds is 8. The lowest BCUT2D eigenvalue weighted by Gasteiger charge is -2.22. The van der Waals surface area contributed by atoms with Gasteiger partial charge in [-0.3, -0.25) is 9.69 Å². The minimum Gasteiger partial charge on any atom is -0.344 e. The van der Waals surface area contributed by atoms with Crippen LogP contribution in [0.3, 0.4) is 0 Å². The van der Waals surface area contributed by atoms with Crippen molar-refractivity contribution in [1.29, 1.82) is 0 Å². The van der Waals surface area contributed by atoms with Gasteiger partial charge in [-0.15, -0.1) is 24.8 Å². The Hall–Kier alpha value is -0.810. The highest BCUT2D eigenvalue weighted by molar-refractivity contribution is 5.85. The molecule has 3 rings (SSSR count). The minimum atomic E-state index is 0. The second-order valence-corrected chi connectivity index (χ2v) is 7.22. The number of hydrogen-bond acceptors (Lipinski definition) is 3. The Kier molecular flexibility index (Phi) is 9.80. The summed E-state index contributed by atoms with van der Waals surface area (Å²) in [7, 11) is 1.95. The van der Waals surface area contributed by atoms with Crippen LogP contribution < -0.4 is 5.32 Å². The highest BCUT2D eigenvalue weighted by atomic mass is 35.5. The number of carbonyl (C=O) groups excluding carboxylic acids is 1. The molecule has 1 aromatic carbocycles. The van der Waals surface area contributed by atoms with Crippen molar-refractivity contribution in [3.63, 3.8) is 0 Å². The molecule has 2 aliphatic rings. The average Bonchev–Trinajstić information content (AvgIpc) is 3.28. The van der Waals surface area contributed by atoms with Crippen LogP contribution in [0.25, 0.3) is 0 Å². The van der Waals surface area contributed by atoms with E-state index in [-0.39, 0.29) is 30.7 Å². The van der Waals surface area contributed by atoms with Crippen molar-refractivity contribution < 1.29 is 4.79 Å². The largest absolute Gasteiger partial charge is 0.344 e. The normalized spacial score (nSPS) is 19.8. The van der Waals surface area contributed by atoms with Gasteiger partial charge < -0.3 is 10.2 Å².